The molecule has 0 amide bonds. The van der Waals surface area contributed by atoms with Gasteiger partial charge in [0.2, 0.25) is 0 Å². The fourth-order valence-electron chi connectivity index (χ4n) is 0.359. The summed E-state index contributed by atoms with van der Waals surface area (Å²) in [6.07, 6.45) is 0. The number of hydrogen-bond acceptors (Lipinski definition) is 0. The van der Waals surface area contributed by atoms with Crippen LogP contribution in [0.2, 0.25) is 24.5 Å². The molecule has 0 fully saturated rings. The SMILES string of the molecule is C[Si](C)(C)C[As](Cl)Cl. The molecule has 0 atom stereocenters. The second kappa shape index (κ2) is 3.51. The standard InChI is InChI=1S/C4H11AsCl2Si/c1-8(2,3)4-5(6)7/h4H2,1-3H3. The molecule has 0 saturated carbocycles. The zero-order chi connectivity index (χ0) is 6.78. The molecule has 0 nitrogen and oxygen atoms in total. The van der Waals surface area contributed by atoms with Crippen LogP contribution in [0.3, 0.4) is 0 Å². The molecule has 0 aliphatic rings. The molecule has 0 N–H and O–H groups in total. The van der Waals surface area contributed by atoms with E-state index in [1.165, 1.54) is 0 Å². The van der Waals surface area contributed by atoms with Crippen LogP contribution in [0.1, 0.15) is 0 Å². The van der Waals surface area contributed by atoms with E-state index in [0.29, 0.717) is 0 Å². The molecule has 0 saturated heterocycles. The average Bonchev–Trinajstić information content (AvgIpc) is 1.21. The second-order valence-corrected chi connectivity index (χ2v) is 16.9. The molecule has 4 heteroatoms. The van der Waals surface area contributed by atoms with Crippen molar-refractivity contribution < 1.29 is 0 Å². The third-order valence-electron chi connectivity index (χ3n) is 0.594. The van der Waals surface area contributed by atoms with Crippen LogP contribution >= 0.6 is 19.9 Å². The van der Waals surface area contributed by atoms with Gasteiger partial charge in [0.1, 0.15) is 0 Å². The molecule has 0 aliphatic heterocycles. The van der Waals surface area contributed by atoms with Gasteiger partial charge in [-0.05, 0) is 0 Å². The molecule has 0 aromatic carbocycles. The minimum absolute atomic E-state index is 0.919. The molecule has 0 heterocycles. The van der Waals surface area contributed by atoms with Gasteiger partial charge >= 0.3 is 65.2 Å². The number of halogens is 2. The van der Waals surface area contributed by atoms with Crippen molar-refractivity contribution in [2.45, 2.75) is 24.5 Å². The van der Waals surface area contributed by atoms with Gasteiger partial charge in [0.05, 0.1) is 0 Å². The summed E-state index contributed by atoms with van der Waals surface area (Å²) in [6.45, 7) is 6.87. The van der Waals surface area contributed by atoms with Crippen LogP contribution in [-0.2, 0) is 0 Å². The maximum atomic E-state index is 5.71. The molecule has 50 valence electrons. The van der Waals surface area contributed by atoms with Crippen molar-refractivity contribution in [1.29, 1.82) is 0 Å². The van der Waals surface area contributed by atoms with Crippen LogP contribution in [-0.4, -0.2) is 20.8 Å². The molecule has 8 heavy (non-hydrogen) atoms. The third kappa shape index (κ3) is 7.36. The number of rotatable bonds is 2. The van der Waals surface area contributed by atoms with E-state index in [-0.39, 0.29) is 0 Å². The van der Waals surface area contributed by atoms with E-state index in [2.05, 4.69) is 19.6 Å². The van der Waals surface area contributed by atoms with Crippen molar-refractivity contribution in [3.05, 3.63) is 0 Å². The third-order valence-corrected chi connectivity index (χ3v) is 13.0. The monoisotopic (exact) mass is 232 g/mol. The van der Waals surface area contributed by atoms with Gasteiger partial charge in [-0.3, -0.25) is 0 Å². The Morgan fingerprint density at radius 2 is 1.62 bits per heavy atom. The summed E-state index contributed by atoms with van der Waals surface area (Å²) in [5, 5.41) is 0. The molecule has 0 bridgehead atoms. The fourth-order valence-corrected chi connectivity index (χ4v) is 16.8. The molecular weight excluding hydrogens is 222 g/mol. The second-order valence-electron chi connectivity index (χ2n) is 3.02. The zero-order valence-electron chi connectivity index (χ0n) is 5.41. The predicted octanol–water partition coefficient (Wildman–Crippen LogP) is 2.83. The van der Waals surface area contributed by atoms with E-state index >= 15 is 0 Å². The van der Waals surface area contributed by atoms with Crippen LogP contribution in [0.15, 0.2) is 0 Å². The van der Waals surface area contributed by atoms with Gasteiger partial charge in [0, 0.05) is 0 Å². The Labute approximate surface area is 65.1 Å². The first-order valence-electron chi connectivity index (χ1n) is 2.51. The van der Waals surface area contributed by atoms with Crippen LogP contribution in [0.5, 0.6) is 0 Å². The van der Waals surface area contributed by atoms with E-state index in [1.807, 2.05) is 0 Å². The molecule has 0 rings (SSSR count). The van der Waals surface area contributed by atoms with Gasteiger partial charge < -0.3 is 0 Å². The summed E-state index contributed by atoms with van der Waals surface area (Å²) in [5.41, 5.74) is 0. The Balaban J connectivity index is 3.39. The molecule has 0 unspecified atom stereocenters. The van der Waals surface area contributed by atoms with Crippen molar-refractivity contribution >= 4 is 40.7 Å². The summed E-state index contributed by atoms with van der Waals surface area (Å²) in [7, 11) is 10.5. The fraction of sp³-hybridized carbons (Fsp3) is 1.00. The topological polar surface area (TPSA) is 0 Å². The van der Waals surface area contributed by atoms with Crippen molar-refractivity contribution in [1.82, 2.24) is 0 Å². The van der Waals surface area contributed by atoms with Crippen LogP contribution in [0.4, 0.5) is 0 Å². The van der Waals surface area contributed by atoms with Crippen LogP contribution in [0, 0.1) is 0 Å². The summed E-state index contributed by atoms with van der Waals surface area (Å²) < 4.78 is 0. The van der Waals surface area contributed by atoms with E-state index in [4.69, 9.17) is 19.9 Å². The molecule has 0 aromatic rings. The van der Waals surface area contributed by atoms with Gasteiger partial charge in [0.25, 0.3) is 0 Å². The van der Waals surface area contributed by atoms with E-state index in [1.54, 1.807) is 0 Å². The molecule has 0 radical (unpaired) electrons. The predicted molar refractivity (Wildman–Crippen MR) is 45.6 cm³/mol. The van der Waals surface area contributed by atoms with Gasteiger partial charge in [-0.2, -0.15) is 0 Å². The first kappa shape index (κ1) is 9.36. The van der Waals surface area contributed by atoms with E-state index < -0.39 is 20.8 Å². The van der Waals surface area contributed by atoms with Gasteiger partial charge in [-0.1, -0.05) is 0 Å². The van der Waals surface area contributed by atoms with Crippen LogP contribution in [0.25, 0.3) is 0 Å². The van der Waals surface area contributed by atoms with Gasteiger partial charge in [-0.15, -0.1) is 0 Å². The molecule has 0 aromatic heterocycles. The molecular formula is C4H11AsCl2Si. The van der Waals surface area contributed by atoms with E-state index in [0.717, 1.165) is 4.83 Å². The van der Waals surface area contributed by atoms with Crippen molar-refractivity contribution in [3.8, 4) is 0 Å². The Bertz CT molecular complexity index is 68.9. The van der Waals surface area contributed by atoms with E-state index in [9.17, 15) is 0 Å². The van der Waals surface area contributed by atoms with Crippen molar-refractivity contribution in [2.24, 2.45) is 0 Å². The minimum atomic E-state index is -1.35. The Morgan fingerprint density at radius 3 is 1.62 bits per heavy atom. The number of hydrogen-bond donors (Lipinski definition) is 0. The first-order chi connectivity index (χ1) is 3.42. The Morgan fingerprint density at radius 1 is 1.25 bits per heavy atom. The summed E-state index contributed by atoms with van der Waals surface area (Å²) in [6, 6.07) is 0. The quantitative estimate of drug-likeness (QED) is 0.643. The van der Waals surface area contributed by atoms with Gasteiger partial charge in [0.15, 0.2) is 0 Å². The first-order valence-corrected chi connectivity index (χ1v) is 12.5. The average molecular weight is 233 g/mol. The van der Waals surface area contributed by atoms with Gasteiger partial charge in [-0.25, -0.2) is 0 Å². The maximum absolute atomic E-state index is 5.71. The normalized spacial score (nSPS) is 12.8. The van der Waals surface area contributed by atoms with Crippen molar-refractivity contribution in [2.75, 3.05) is 0 Å². The summed E-state index contributed by atoms with van der Waals surface area (Å²) >= 11 is -1.35. The Kier molecular flexibility index (Phi) is 4.10. The van der Waals surface area contributed by atoms with Crippen molar-refractivity contribution in [3.63, 3.8) is 0 Å². The molecule has 0 spiro atoms. The Hall–Kier alpha value is 1.36. The molecule has 0 aliphatic carbocycles. The summed E-state index contributed by atoms with van der Waals surface area (Å²) in [5.74, 6) is 0. The zero-order valence-corrected chi connectivity index (χ0v) is 9.80. The van der Waals surface area contributed by atoms with Crippen LogP contribution < -0.4 is 0 Å². The summed E-state index contributed by atoms with van der Waals surface area (Å²) in [4.78, 5) is 1.14.